The summed E-state index contributed by atoms with van der Waals surface area (Å²) in [6.07, 6.45) is 1.49. The Bertz CT molecular complexity index is 1060. The molecule has 1 aliphatic carbocycles. The summed E-state index contributed by atoms with van der Waals surface area (Å²) in [6, 6.07) is 6.82. The van der Waals surface area contributed by atoms with E-state index >= 15 is 0 Å². The number of hydrogen-bond acceptors (Lipinski definition) is 8. The third-order valence-electron chi connectivity index (χ3n) is 4.74. The molecule has 1 aliphatic heterocycles. The third kappa shape index (κ3) is 3.02. The molecule has 0 saturated heterocycles. The molecule has 150 valence electrons. The Balaban J connectivity index is 1.93. The molecule has 8 heteroatoms. The number of nitrogens with zero attached hydrogens (tertiary/aromatic N) is 1. The number of carbonyl (C=O) groups excluding carboxylic acids is 1. The molecule has 0 radical (unpaired) electrons. The second-order valence-corrected chi connectivity index (χ2v) is 6.20. The topological polar surface area (TPSA) is 84.8 Å². The maximum absolute atomic E-state index is 12.9. The van der Waals surface area contributed by atoms with E-state index in [1.165, 1.54) is 34.5 Å². The van der Waals surface area contributed by atoms with Gasteiger partial charge in [0, 0.05) is 28.3 Å². The molecule has 2 aromatic carbocycles. The maximum Gasteiger partial charge on any atom is 0.231 e. The van der Waals surface area contributed by atoms with E-state index in [9.17, 15) is 4.79 Å². The van der Waals surface area contributed by atoms with Crippen molar-refractivity contribution in [3.63, 3.8) is 0 Å². The monoisotopic (exact) mass is 397 g/mol. The summed E-state index contributed by atoms with van der Waals surface area (Å²) < 4.78 is 27.2. The van der Waals surface area contributed by atoms with Crippen LogP contribution in [0.15, 0.2) is 35.5 Å². The van der Waals surface area contributed by atoms with Crippen LogP contribution >= 0.6 is 0 Å². The Morgan fingerprint density at radius 1 is 0.793 bits per heavy atom. The number of rotatable bonds is 5. The van der Waals surface area contributed by atoms with Crippen LogP contribution < -0.4 is 23.7 Å². The van der Waals surface area contributed by atoms with Gasteiger partial charge < -0.3 is 28.5 Å². The summed E-state index contributed by atoms with van der Waals surface area (Å²) in [5, 5.41) is 4.19. The largest absolute Gasteiger partial charge is 0.496 e. The van der Waals surface area contributed by atoms with Gasteiger partial charge in [-0.2, -0.15) is 0 Å². The van der Waals surface area contributed by atoms with E-state index < -0.39 is 0 Å². The molecule has 0 unspecified atom stereocenters. The Kier molecular flexibility index (Phi) is 4.75. The lowest BCUT2D eigenvalue weighted by Crippen LogP contribution is -2.18. The minimum Gasteiger partial charge on any atom is -0.496 e. The number of methoxy groups -OCH3 is 3. The van der Waals surface area contributed by atoms with Crippen LogP contribution in [0.3, 0.4) is 0 Å². The zero-order chi connectivity index (χ0) is 20.5. The lowest BCUT2D eigenvalue weighted by Gasteiger charge is -2.21. The predicted molar refractivity (Wildman–Crippen MR) is 105 cm³/mol. The molecule has 8 nitrogen and oxygen atoms in total. The summed E-state index contributed by atoms with van der Waals surface area (Å²) in [4.78, 5) is 18.0. The highest BCUT2D eigenvalue weighted by molar-refractivity contribution is 6.41. The first-order valence-electron chi connectivity index (χ1n) is 8.73. The highest BCUT2D eigenvalue weighted by Crippen LogP contribution is 2.43. The average Bonchev–Trinajstić information content (AvgIpc) is 3.21. The van der Waals surface area contributed by atoms with E-state index in [4.69, 9.17) is 28.5 Å². The van der Waals surface area contributed by atoms with Gasteiger partial charge in [0.05, 0.1) is 21.3 Å². The number of benzene rings is 2. The summed E-state index contributed by atoms with van der Waals surface area (Å²) in [6.45, 7) is 0.104. The normalized spacial score (nSPS) is 15.7. The van der Waals surface area contributed by atoms with Gasteiger partial charge in [0.25, 0.3) is 0 Å². The Hall–Kier alpha value is -3.68. The number of oxime groups is 1. The second-order valence-electron chi connectivity index (χ2n) is 6.20. The van der Waals surface area contributed by atoms with Crippen molar-refractivity contribution in [2.75, 3.05) is 35.2 Å². The molecule has 0 atom stereocenters. The number of allylic oxidation sites excluding steroid dienone is 2. The third-order valence-corrected chi connectivity index (χ3v) is 4.74. The van der Waals surface area contributed by atoms with Crippen LogP contribution in [0.25, 0.3) is 5.57 Å². The molecule has 29 heavy (non-hydrogen) atoms. The van der Waals surface area contributed by atoms with Crippen molar-refractivity contribution in [1.29, 1.82) is 0 Å². The molecule has 0 saturated carbocycles. The SMILES string of the molecule is CO/N=C1/C(c2cc(OC)c(OC)cc2OC)=CC(=O)c2cc3c(cc21)OCO3. The first-order valence-corrected chi connectivity index (χ1v) is 8.73. The van der Waals surface area contributed by atoms with Gasteiger partial charge >= 0.3 is 0 Å². The first kappa shape index (κ1) is 18.7. The van der Waals surface area contributed by atoms with Crippen molar-refractivity contribution in [3.8, 4) is 28.7 Å². The van der Waals surface area contributed by atoms with Crippen LogP contribution in [0.2, 0.25) is 0 Å². The van der Waals surface area contributed by atoms with E-state index in [1.807, 2.05) is 0 Å². The van der Waals surface area contributed by atoms with Gasteiger partial charge in [0.1, 0.15) is 18.6 Å². The van der Waals surface area contributed by atoms with Crippen LogP contribution in [0.4, 0.5) is 0 Å². The van der Waals surface area contributed by atoms with Gasteiger partial charge in [-0.25, -0.2) is 0 Å². The van der Waals surface area contributed by atoms with Gasteiger partial charge in [-0.3, -0.25) is 4.79 Å². The predicted octanol–water partition coefficient (Wildman–Crippen LogP) is 3.07. The molecule has 4 rings (SSSR count). The van der Waals surface area contributed by atoms with E-state index in [1.54, 1.807) is 24.3 Å². The van der Waals surface area contributed by atoms with E-state index in [0.717, 1.165) is 0 Å². The minimum absolute atomic E-state index is 0.104. The highest BCUT2D eigenvalue weighted by atomic mass is 16.7. The van der Waals surface area contributed by atoms with Gasteiger partial charge in [0.2, 0.25) is 6.79 Å². The maximum atomic E-state index is 12.9. The average molecular weight is 397 g/mol. The highest BCUT2D eigenvalue weighted by Gasteiger charge is 2.31. The molecular weight excluding hydrogens is 378 g/mol. The van der Waals surface area contributed by atoms with Crippen LogP contribution in [-0.2, 0) is 4.84 Å². The van der Waals surface area contributed by atoms with Crippen LogP contribution in [-0.4, -0.2) is 46.7 Å². The molecule has 2 aliphatic rings. The fourth-order valence-corrected chi connectivity index (χ4v) is 3.40. The quantitative estimate of drug-likeness (QED) is 0.717. The standard InChI is InChI=1S/C21H19NO7/c1-24-16-9-18(26-3)17(25-2)7-12(16)13-5-15(23)11-6-19-20(29-10-28-19)8-14(11)21(13)22-27-4/h5-9H,10H2,1-4H3/b22-21-. The summed E-state index contributed by atoms with van der Waals surface area (Å²) in [7, 11) is 6.06. The minimum atomic E-state index is -0.194. The number of fused-ring (bicyclic) bond motifs is 2. The van der Waals surface area contributed by atoms with Crippen LogP contribution in [0.1, 0.15) is 21.5 Å². The van der Waals surface area contributed by atoms with Gasteiger partial charge in [-0.05, 0) is 24.3 Å². The Labute approximate surface area is 167 Å². The second kappa shape index (κ2) is 7.38. The van der Waals surface area contributed by atoms with Crippen molar-refractivity contribution >= 4 is 17.1 Å². The van der Waals surface area contributed by atoms with Crippen molar-refractivity contribution in [2.24, 2.45) is 5.16 Å². The molecule has 0 bridgehead atoms. The zero-order valence-electron chi connectivity index (χ0n) is 16.4. The molecular formula is C21H19NO7. The zero-order valence-corrected chi connectivity index (χ0v) is 16.4. The van der Waals surface area contributed by atoms with Crippen molar-refractivity contribution < 1.29 is 33.3 Å². The van der Waals surface area contributed by atoms with E-state index in [0.29, 0.717) is 56.7 Å². The number of ketones is 1. The lowest BCUT2D eigenvalue weighted by atomic mass is 9.85. The van der Waals surface area contributed by atoms with Crippen LogP contribution in [0.5, 0.6) is 28.7 Å². The molecule has 2 aromatic rings. The molecule has 0 N–H and O–H groups in total. The van der Waals surface area contributed by atoms with E-state index in [2.05, 4.69) is 5.16 Å². The fraction of sp³-hybridized carbons (Fsp3) is 0.238. The lowest BCUT2D eigenvalue weighted by molar-refractivity contribution is 0.104. The van der Waals surface area contributed by atoms with Gasteiger partial charge in [-0.1, -0.05) is 5.16 Å². The van der Waals surface area contributed by atoms with Crippen molar-refractivity contribution in [2.45, 2.75) is 0 Å². The first-order chi connectivity index (χ1) is 14.1. The van der Waals surface area contributed by atoms with Gasteiger partial charge in [0.15, 0.2) is 28.8 Å². The number of ether oxygens (including phenoxy) is 5. The van der Waals surface area contributed by atoms with E-state index in [-0.39, 0.29) is 12.6 Å². The van der Waals surface area contributed by atoms with Gasteiger partial charge in [-0.15, -0.1) is 0 Å². The number of hydrogen-bond donors (Lipinski definition) is 0. The summed E-state index contributed by atoms with van der Waals surface area (Å²) >= 11 is 0. The number of carbonyl (C=O) groups is 1. The smallest absolute Gasteiger partial charge is 0.231 e. The van der Waals surface area contributed by atoms with Crippen molar-refractivity contribution in [1.82, 2.24) is 0 Å². The fourth-order valence-electron chi connectivity index (χ4n) is 3.40. The Morgan fingerprint density at radius 2 is 1.41 bits per heavy atom. The Morgan fingerprint density at radius 3 is 2.03 bits per heavy atom. The molecule has 0 aromatic heterocycles. The van der Waals surface area contributed by atoms with Crippen molar-refractivity contribution in [3.05, 3.63) is 47.0 Å². The summed E-state index contributed by atoms with van der Waals surface area (Å²) in [5.74, 6) is 2.36. The molecule has 0 amide bonds. The summed E-state index contributed by atoms with van der Waals surface area (Å²) in [5.41, 5.74) is 2.63. The molecule has 0 fully saturated rings. The molecule has 1 heterocycles. The van der Waals surface area contributed by atoms with Crippen LogP contribution in [0, 0.1) is 0 Å². The molecule has 0 spiro atoms.